The number of carbonyl (C=O) groups is 2. The van der Waals surface area contributed by atoms with E-state index in [4.69, 9.17) is 0 Å². The number of halogens is 4. The molecule has 4 aromatic rings. The van der Waals surface area contributed by atoms with E-state index < -0.39 is 35.8 Å². The van der Waals surface area contributed by atoms with Gasteiger partial charge in [-0.3, -0.25) is 19.3 Å². The van der Waals surface area contributed by atoms with Crippen molar-refractivity contribution in [1.29, 1.82) is 0 Å². The van der Waals surface area contributed by atoms with Gasteiger partial charge in [0, 0.05) is 19.2 Å². The topological polar surface area (TPSA) is 153 Å². The molecule has 0 saturated heterocycles. The molecule has 3 heterocycles. The normalized spacial score (nSPS) is 13.0. The summed E-state index contributed by atoms with van der Waals surface area (Å²) >= 11 is 0. The maximum Gasteiger partial charge on any atom is 0.416 e. The number of aryl methyl sites for hydroxylation is 1. The van der Waals surface area contributed by atoms with Crippen molar-refractivity contribution in [3.05, 3.63) is 89.3 Å². The van der Waals surface area contributed by atoms with Crippen LogP contribution in [0.25, 0.3) is 0 Å². The van der Waals surface area contributed by atoms with Crippen LogP contribution in [0.2, 0.25) is 0 Å². The Morgan fingerprint density at radius 3 is 2.37 bits per heavy atom. The minimum atomic E-state index is -4.54. The van der Waals surface area contributed by atoms with Crippen LogP contribution < -0.4 is 10.6 Å². The molecule has 2 amide bonds. The molecule has 0 aliphatic carbocycles. The molecule has 2 atom stereocenters. The third-order valence-corrected chi connectivity index (χ3v) is 5.86. The summed E-state index contributed by atoms with van der Waals surface area (Å²) in [4.78, 5) is 28.6. The first-order valence-corrected chi connectivity index (χ1v) is 12.3. The molecule has 0 fully saturated rings. The summed E-state index contributed by atoms with van der Waals surface area (Å²) in [5.74, 6) is -1.26. The van der Waals surface area contributed by atoms with Gasteiger partial charge in [0.05, 0.1) is 49.4 Å². The molecule has 0 radical (unpaired) electrons. The van der Waals surface area contributed by atoms with Crippen LogP contribution in [0.3, 0.4) is 0 Å². The van der Waals surface area contributed by atoms with Crippen molar-refractivity contribution in [3.8, 4) is 0 Å². The smallest absolute Gasteiger partial charge is 0.394 e. The molecule has 41 heavy (non-hydrogen) atoms. The number of benzene rings is 1. The molecule has 1 aromatic carbocycles. The van der Waals surface area contributed by atoms with Crippen molar-refractivity contribution in [2.24, 2.45) is 0 Å². The number of nitrogens with one attached hydrogen (secondary N) is 2. The molecule has 0 saturated carbocycles. The molecular formula is C25H25F4N9O3. The first-order chi connectivity index (χ1) is 19.6. The van der Waals surface area contributed by atoms with E-state index in [0.717, 1.165) is 28.6 Å². The van der Waals surface area contributed by atoms with E-state index in [1.54, 1.807) is 24.3 Å². The van der Waals surface area contributed by atoms with Crippen molar-refractivity contribution in [3.63, 3.8) is 0 Å². The Balaban J connectivity index is 1.23. The number of carbonyl (C=O) groups excluding carboxylic acids is 2. The van der Waals surface area contributed by atoms with Gasteiger partial charge in [-0.25, -0.2) is 9.07 Å². The lowest BCUT2D eigenvalue weighted by molar-refractivity contribution is -0.137. The summed E-state index contributed by atoms with van der Waals surface area (Å²) in [5.41, 5.74) is -0.310. The standard InChI is InChI=1S/C25H25F4N9O3/c26-18(7-9-37-13-21(34-35-37)24(41)32-22(15-39)16-4-2-1-3-5-16)12-38-14-20(33-36-38)23(40)31-11-19-10-17(6-8-30-19)25(27,28)29/h1-6,8,10,13-14,18,22,39H,7,9,11-12,15H2,(H,31,40)(H,32,41)/t18?,22-/m1/s1. The number of aliphatic hydroxyl groups is 1. The first kappa shape index (κ1) is 29.3. The van der Waals surface area contributed by atoms with Gasteiger partial charge in [0.2, 0.25) is 0 Å². The van der Waals surface area contributed by atoms with Gasteiger partial charge in [-0.15, -0.1) is 10.2 Å². The van der Waals surface area contributed by atoms with E-state index in [0.29, 0.717) is 0 Å². The number of hydrogen-bond acceptors (Lipinski definition) is 8. The predicted octanol–water partition coefficient (Wildman–Crippen LogP) is 2.11. The van der Waals surface area contributed by atoms with Gasteiger partial charge in [0.1, 0.15) is 6.17 Å². The number of aromatic nitrogens is 7. The monoisotopic (exact) mass is 575 g/mol. The zero-order chi connectivity index (χ0) is 29.4. The van der Waals surface area contributed by atoms with Crippen molar-refractivity contribution in [2.45, 2.75) is 44.4 Å². The molecule has 0 spiro atoms. The highest BCUT2D eigenvalue weighted by Crippen LogP contribution is 2.29. The highest BCUT2D eigenvalue weighted by molar-refractivity contribution is 5.92. The van der Waals surface area contributed by atoms with Crippen LogP contribution in [0.1, 0.15) is 50.3 Å². The first-order valence-electron chi connectivity index (χ1n) is 12.3. The Labute approximate surface area is 230 Å². The van der Waals surface area contributed by atoms with Crippen LogP contribution in [0.5, 0.6) is 0 Å². The molecular weight excluding hydrogens is 550 g/mol. The minimum absolute atomic E-state index is 0.00190. The third kappa shape index (κ3) is 8.14. The fraction of sp³-hybridized carbons (Fsp3) is 0.320. The largest absolute Gasteiger partial charge is 0.416 e. The second-order valence-corrected chi connectivity index (χ2v) is 8.91. The van der Waals surface area contributed by atoms with E-state index in [1.165, 1.54) is 17.1 Å². The molecule has 3 aromatic heterocycles. The van der Waals surface area contributed by atoms with E-state index in [-0.39, 0.29) is 49.7 Å². The second kappa shape index (κ2) is 13.1. The lowest BCUT2D eigenvalue weighted by Crippen LogP contribution is -2.31. The number of pyridine rings is 1. The van der Waals surface area contributed by atoms with E-state index in [2.05, 4.69) is 36.2 Å². The van der Waals surface area contributed by atoms with Gasteiger partial charge in [-0.2, -0.15) is 13.2 Å². The second-order valence-electron chi connectivity index (χ2n) is 8.91. The SMILES string of the molecule is O=C(NCc1cc(C(F)(F)F)ccn1)c1cn(CC(F)CCn2cc(C(=O)N[C@H](CO)c3ccccc3)nn2)nn1. The number of hydrogen-bond donors (Lipinski definition) is 3. The van der Waals surface area contributed by atoms with Crippen LogP contribution in [-0.2, 0) is 25.8 Å². The number of aliphatic hydroxyl groups excluding tert-OH is 1. The quantitative estimate of drug-likeness (QED) is 0.217. The zero-order valence-electron chi connectivity index (χ0n) is 21.4. The summed E-state index contributed by atoms with van der Waals surface area (Å²) in [6, 6.07) is 9.93. The summed E-state index contributed by atoms with van der Waals surface area (Å²) in [5, 5.41) is 29.7. The Morgan fingerprint density at radius 1 is 0.976 bits per heavy atom. The molecule has 216 valence electrons. The van der Waals surface area contributed by atoms with Gasteiger partial charge in [-0.1, -0.05) is 40.8 Å². The lowest BCUT2D eigenvalue weighted by Gasteiger charge is -2.15. The van der Waals surface area contributed by atoms with Crippen LogP contribution in [-0.4, -0.2) is 64.7 Å². The van der Waals surface area contributed by atoms with Crippen molar-refractivity contribution in [1.82, 2.24) is 45.6 Å². The Bertz CT molecular complexity index is 1460. The van der Waals surface area contributed by atoms with Crippen molar-refractivity contribution >= 4 is 11.8 Å². The summed E-state index contributed by atoms with van der Waals surface area (Å²) < 4.78 is 55.5. The van der Waals surface area contributed by atoms with Crippen LogP contribution in [0.4, 0.5) is 17.6 Å². The molecule has 12 nitrogen and oxygen atoms in total. The van der Waals surface area contributed by atoms with Gasteiger partial charge in [0.25, 0.3) is 11.8 Å². The van der Waals surface area contributed by atoms with Gasteiger partial charge in [-0.05, 0) is 17.7 Å². The Morgan fingerprint density at radius 2 is 1.66 bits per heavy atom. The van der Waals surface area contributed by atoms with Crippen LogP contribution in [0, 0.1) is 0 Å². The Hall–Kier alpha value is -4.73. The Kier molecular flexibility index (Phi) is 9.34. The van der Waals surface area contributed by atoms with Gasteiger partial charge >= 0.3 is 6.18 Å². The number of alkyl halides is 4. The van der Waals surface area contributed by atoms with Crippen LogP contribution in [0.15, 0.2) is 61.1 Å². The highest BCUT2D eigenvalue weighted by atomic mass is 19.4. The average molecular weight is 576 g/mol. The summed E-state index contributed by atoms with van der Waals surface area (Å²) in [6.45, 7) is -0.722. The zero-order valence-corrected chi connectivity index (χ0v) is 21.4. The number of rotatable bonds is 12. The lowest BCUT2D eigenvalue weighted by atomic mass is 10.1. The fourth-order valence-electron chi connectivity index (χ4n) is 3.73. The summed E-state index contributed by atoms with van der Waals surface area (Å²) in [6.07, 6.45) is -2.40. The third-order valence-electron chi connectivity index (χ3n) is 5.86. The molecule has 0 bridgehead atoms. The van der Waals surface area contributed by atoms with E-state index in [1.807, 2.05) is 6.07 Å². The minimum Gasteiger partial charge on any atom is -0.394 e. The van der Waals surface area contributed by atoms with Crippen molar-refractivity contribution < 1.29 is 32.3 Å². The number of amides is 2. The maximum atomic E-state index is 14.6. The average Bonchev–Trinajstić information content (AvgIpc) is 3.64. The predicted molar refractivity (Wildman–Crippen MR) is 134 cm³/mol. The molecule has 3 N–H and O–H groups in total. The molecule has 0 aliphatic rings. The molecule has 1 unspecified atom stereocenters. The van der Waals surface area contributed by atoms with Gasteiger partial charge in [0.15, 0.2) is 11.4 Å². The van der Waals surface area contributed by atoms with Gasteiger partial charge < -0.3 is 15.7 Å². The number of nitrogens with zero attached hydrogens (tertiary/aromatic N) is 7. The molecule has 0 aliphatic heterocycles. The van der Waals surface area contributed by atoms with E-state index in [9.17, 15) is 32.3 Å². The fourth-order valence-corrected chi connectivity index (χ4v) is 3.73. The van der Waals surface area contributed by atoms with E-state index >= 15 is 0 Å². The summed E-state index contributed by atoms with van der Waals surface area (Å²) in [7, 11) is 0. The molecule has 16 heteroatoms. The van der Waals surface area contributed by atoms with Crippen molar-refractivity contribution in [2.75, 3.05) is 6.61 Å². The molecule has 4 rings (SSSR count). The highest BCUT2D eigenvalue weighted by Gasteiger charge is 2.30. The van der Waals surface area contributed by atoms with Crippen LogP contribution >= 0.6 is 0 Å². The maximum absolute atomic E-state index is 14.6.